The Bertz CT molecular complexity index is 1060. The highest BCUT2D eigenvalue weighted by atomic mass is 16.6. The van der Waals surface area contributed by atoms with E-state index in [1.165, 1.54) is 4.90 Å². The number of cyclic esters (lactones) is 1. The predicted octanol–water partition coefficient (Wildman–Crippen LogP) is 4.36. The molecule has 3 aromatic carbocycles. The minimum atomic E-state index is -1.09. The first-order valence-electron chi connectivity index (χ1n) is 10.7. The van der Waals surface area contributed by atoms with E-state index in [-0.39, 0.29) is 19.1 Å². The van der Waals surface area contributed by atoms with Gasteiger partial charge in [0, 0.05) is 24.2 Å². The molecule has 6 heteroatoms. The maximum atomic E-state index is 13.4. The molecule has 0 aliphatic carbocycles. The fourth-order valence-electron chi connectivity index (χ4n) is 5.07. The van der Waals surface area contributed by atoms with Crippen molar-refractivity contribution >= 4 is 12.2 Å². The van der Waals surface area contributed by atoms with E-state index < -0.39 is 23.8 Å². The first kappa shape index (κ1) is 20.1. The van der Waals surface area contributed by atoms with Crippen molar-refractivity contribution in [2.24, 2.45) is 0 Å². The van der Waals surface area contributed by atoms with E-state index in [4.69, 9.17) is 4.74 Å². The van der Waals surface area contributed by atoms with E-state index >= 15 is 0 Å². The van der Waals surface area contributed by atoms with Gasteiger partial charge in [-0.3, -0.25) is 4.90 Å². The molecule has 0 radical (unpaired) electrons. The maximum Gasteiger partial charge on any atom is 0.411 e. The molecule has 162 valence electrons. The van der Waals surface area contributed by atoms with Gasteiger partial charge in [-0.2, -0.15) is 0 Å². The highest BCUT2D eigenvalue weighted by Gasteiger charge is 2.60. The first-order chi connectivity index (χ1) is 15.6. The zero-order valence-electron chi connectivity index (χ0n) is 17.5. The lowest BCUT2D eigenvalue weighted by atomic mass is 9.78. The summed E-state index contributed by atoms with van der Waals surface area (Å²) in [5.74, 6) is 0. The molecule has 2 aliphatic rings. The zero-order chi connectivity index (χ0) is 22.1. The maximum absolute atomic E-state index is 13.4. The van der Waals surface area contributed by atoms with Gasteiger partial charge in [-0.05, 0) is 12.0 Å². The van der Waals surface area contributed by atoms with Crippen LogP contribution >= 0.6 is 0 Å². The third-order valence-corrected chi connectivity index (χ3v) is 6.47. The summed E-state index contributed by atoms with van der Waals surface area (Å²) in [7, 11) is 0. The lowest BCUT2D eigenvalue weighted by Crippen LogP contribution is -2.62. The van der Waals surface area contributed by atoms with Crippen molar-refractivity contribution in [2.75, 3.05) is 13.1 Å². The molecule has 0 bridgehead atoms. The SMILES string of the molecule is O=C(O)N1CC(Cc2ccccc2)N2C(=O)OC(c3ccccc3)(c3ccccc3)C2C1. The number of benzene rings is 3. The second-order valence-electron chi connectivity index (χ2n) is 8.29. The summed E-state index contributed by atoms with van der Waals surface area (Å²) >= 11 is 0. The number of hydrogen-bond acceptors (Lipinski definition) is 3. The summed E-state index contributed by atoms with van der Waals surface area (Å²) in [6.45, 7) is 0.422. The molecule has 32 heavy (non-hydrogen) atoms. The zero-order valence-corrected chi connectivity index (χ0v) is 17.5. The van der Waals surface area contributed by atoms with E-state index in [1.807, 2.05) is 91.0 Å². The Hall–Kier alpha value is -3.80. The largest absolute Gasteiger partial charge is 0.465 e. The van der Waals surface area contributed by atoms with Crippen LogP contribution in [-0.2, 0) is 16.8 Å². The summed E-state index contributed by atoms with van der Waals surface area (Å²) in [5, 5.41) is 9.90. The van der Waals surface area contributed by atoms with Crippen molar-refractivity contribution < 1.29 is 19.4 Å². The number of rotatable bonds is 4. The smallest absolute Gasteiger partial charge is 0.411 e. The molecule has 5 rings (SSSR count). The molecule has 0 saturated carbocycles. The summed E-state index contributed by atoms with van der Waals surface area (Å²) in [4.78, 5) is 28.7. The van der Waals surface area contributed by atoms with Gasteiger partial charge in [0.1, 0.15) is 6.04 Å². The average Bonchev–Trinajstić information content (AvgIpc) is 3.14. The Kier molecular flexibility index (Phi) is 5.05. The monoisotopic (exact) mass is 428 g/mol. The molecule has 2 heterocycles. The van der Waals surface area contributed by atoms with E-state index in [9.17, 15) is 14.7 Å². The minimum absolute atomic E-state index is 0.177. The Balaban J connectivity index is 1.64. The van der Waals surface area contributed by atoms with Crippen LogP contribution in [0.1, 0.15) is 16.7 Å². The quantitative estimate of drug-likeness (QED) is 0.671. The number of piperazine rings is 1. The molecule has 2 amide bonds. The number of ether oxygens (including phenoxy) is 1. The van der Waals surface area contributed by atoms with Gasteiger partial charge < -0.3 is 14.7 Å². The van der Waals surface area contributed by atoms with Crippen LogP contribution in [0.15, 0.2) is 91.0 Å². The second kappa shape index (κ2) is 8.04. The number of fused-ring (bicyclic) bond motifs is 1. The van der Waals surface area contributed by atoms with Gasteiger partial charge in [0.05, 0.1) is 6.04 Å². The van der Waals surface area contributed by atoms with Crippen molar-refractivity contribution in [3.05, 3.63) is 108 Å². The van der Waals surface area contributed by atoms with Crippen molar-refractivity contribution in [3.8, 4) is 0 Å². The van der Waals surface area contributed by atoms with Crippen LogP contribution in [0.2, 0.25) is 0 Å². The summed E-state index contributed by atoms with van der Waals surface area (Å²) < 4.78 is 6.23. The predicted molar refractivity (Wildman–Crippen MR) is 119 cm³/mol. The van der Waals surface area contributed by atoms with Crippen LogP contribution in [-0.4, -0.2) is 52.3 Å². The van der Waals surface area contributed by atoms with Crippen LogP contribution in [0, 0.1) is 0 Å². The number of nitrogens with zero attached hydrogens (tertiary/aromatic N) is 2. The van der Waals surface area contributed by atoms with Gasteiger partial charge >= 0.3 is 12.2 Å². The Labute approximate surface area is 186 Å². The van der Waals surface area contributed by atoms with E-state index in [0.717, 1.165) is 16.7 Å². The van der Waals surface area contributed by atoms with E-state index in [0.29, 0.717) is 6.42 Å². The van der Waals surface area contributed by atoms with Gasteiger partial charge in [-0.1, -0.05) is 91.0 Å². The van der Waals surface area contributed by atoms with Gasteiger partial charge in [-0.15, -0.1) is 0 Å². The molecule has 0 spiro atoms. The molecule has 6 nitrogen and oxygen atoms in total. The Morgan fingerprint density at radius 3 is 1.94 bits per heavy atom. The Morgan fingerprint density at radius 2 is 1.41 bits per heavy atom. The number of hydrogen-bond donors (Lipinski definition) is 1. The molecule has 3 aromatic rings. The molecular formula is C26H24N2O4. The molecule has 2 aliphatic heterocycles. The summed E-state index contributed by atoms with van der Waals surface area (Å²) in [6.07, 6.45) is -0.846. The normalized spacial score (nSPS) is 21.7. The van der Waals surface area contributed by atoms with Crippen molar-refractivity contribution in [1.29, 1.82) is 0 Å². The highest BCUT2D eigenvalue weighted by Crippen LogP contribution is 2.47. The summed E-state index contributed by atoms with van der Waals surface area (Å²) in [5.41, 5.74) is 1.62. The first-order valence-corrected chi connectivity index (χ1v) is 10.7. The van der Waals surface area contributed by atoms with E-state index in [2.05, 4.69) is 0 Å². The molecule has 2 saturated heterocycles. The van der Waals surface area contributed by atoms with Crippen LogP contribution in [0.25, 0.3) is 0 Å². The topological polar surface area (TPSA) is 70.1 Å². The number of carboxylic acid groups (broad SMARTS) is 1. The molecule has 2 atom stereocenters. The number of carbonyl (C=O) groups excluding carboxylic acids is 1. The molecule has 2 unspecified atom stereocenters. The van der Waals surface area contributed by atoms with Crippen molar-refractivity contribution in [3.63, 3.8) is 0 Å². The fourth-order valence-corrected chi connectivity index (χ4v) is 5.07. The summed E-state index contributed by atoms with van der Waals surface area (Å²) in [6, 6.07) is 28.3. The average molecular weight is 428 g/mol. The molecule has 0 aromatic heterocycles. The van der Waals surface area contributed by atoms with E-state index in [1.54, 1.807) is 4.90 Å². The van der Waals surface area contributed by atoms with Crippen molar-refractivity contribution in [2.45, 2.75) is 24.1 Å². The lowest BCUT2D eigenvalue weighted by Gasteiger charge is -2.45. The number of amides is 2. The third kappa shape index (κ3) is 3.28. The third-order valence-electron chi connectivity index (χ3n) is 6.47. The van der Waals surface area contributed by atoms with Gasteiger partial charge in [0.2, 0.25) is 0 Å². The molecular weight excluding hydrogens is 404 g/mol. The molecule has 2 fully saturated rings. The van der Waals surface area contributed by atoms with Crippen LogP contribution in [0.5, 0.6) is 0 Å². The van der Waals surface area contributed by atoms with Gasteiger partial charge in [0.15, 0.2) is 5.60 Å². The minimum Gasteiger partial charge on any atom is -0.465 e. The van der Waals surface area contributed by atoms with Crippen LogP contribution in [0.4, 0.5) is 9.59 Å². The van der Waals surface area contributed by atoms with Crippen LogP contribution < -0.4 is 0 Å². The highest BCUT2D eigenvalue weighted by molar-refractivity contribution is 5.75. The van der Waals surface area contributed by atoms with Crippen molar-refractivity contribution in [1.82, 2.24) is 9.80 Å². The molecule has 1 N–H and O–H groups in total. The van der Waals surface area contributed by atoms with Gasteiger partial charge in [0.25, 0.3) is 0 Å². The Morgan fingerprint density at radius 1 is 0.875 bits per heavy atom. The number of carbonyl (C=O) groups is 2. The lowest BCUT2D eigenvalue weighted by molar-refractivity contribution is 0.0285. The van der Waals surface area contributed by atoms with Crippen LogP contribution in [0.3, 0.4) is 0 Å². The fraction of sp³-hybridized carbons (Fsp3) is 0.231. The standard InChI is InChI=1S/C26H24N2O4/c29-24(30)27-17-22(16-19-10-4-1-5-11-19)28-23(18-27)26(32-25(28)31,20-12-6-2-7-13-20)21-14-8-3-9-15-21/h1-15,22-23H,16-18H2,(H,29,30). The second-order valence-corrected chi connectivity index (χ2v) is 8.29. The van der Waals surface area contributed by atoms with Gasteiger partial charge in [-0.25, -0.2) is 9.59 Å².